The van der Waals surface area contributed by atoms with Gasteiger partial charge in [0.15, 0.2) is 0 Å². The Morgan fingerprint density at radius 3 is 2.44 bits per heavy atom. The van der Waals surface area contributed by atoms with Gasteiger partial charge < -0.3 is 10.2 Å². The number of nitrogens with one attached hydrogen (secondary N) is 1. The van der Waals surface area contributed by atoms with E-state index in [9.17, 15) is 9.59 Å². The van der Waals surface area contributed by atoms with E-state index in [2.05, 4.69) is 5.32 Å². The third-order valence-corrected chi connectivity index (χ3v) is 4.86. The van der Waals surface area contributed by atoms with Gasteiger partial charge in [-0.15, -0.1) is 0 Å². The zero-order valence-electron chi connectivity index (χ0n) is 15.5. The van der Waals surface area contributed by atoms with Gasteiger partial charge in [-0.1, -0.05) is 66.5 Å². The van der Waals surface area contributed by atoms with Crippen LogP contribution in [0.2, 0.25) is 10.0 Å². The van der Waals surface area contributed by atoms with Crippen molar-refractivity contribution < 1.29 is 9.59 Å². The van der Waals surface area contributed by atoms with Crippen LogP contribution in [0, 0.1) is 0 Å². The number of rotatable bonds is 8. The Kier molecular flexibility index (Phi) is 8.14. The molecule has 0 spiro atoms. The Balaban J connectivity index is 2.23. The van der Waals surface area contributed by atoms with E-state index in [1.54, 1.807) is 30.0 Å². The minimum absolute atomic E-state index is 0.133. The van der Waals surface area contributed by atoms with E-state index in [0.717, 1.165) is 17.5 Å². The van der Waals surface area contributed by atoms with Gasteiger partial charge in [0.1, 0.15) is 6.04 Å². The molecule has 2 rings (SSSR count). The monoisotopic (exact) mass is 406 g/mol. The van der Waals surface area contributed by atoms with Crippen LogP contribution in [0.4, 0.5) is 0 Å². The van der Waals surface area contributed by atoms with E-state index in [1.807, 2.05) is 37.3 Å². The van der Waals surface area contributed by atoms with E-state index >= 15 is 0 Å². The van der Waals surface area contributed by atoms with Crippen molar-refractivity contribution in [2.24, 2.45) is 0 Å². The molecule has 144 valence electrons. The maximum atomic E-state index is 13.0. The van der Waals surface area contributed by atoms with E-state index < -0.39 is 6.04 Å². The predicted octanol–water partition coefficient (Wildman–Crippen LogP) is 4.48. The smallest absolute Gasteiger partial charge is 0.242 e. The van der Waals surface area contributed by atoms with Crippen LogP contribution in [-0.2, 0) is 22.6 Å². The molecule has 0 saturated carbocycles. The van der Waals surface area contributed by atoms with Gasteiger partial charge in [0.25, 0.3) is 0 Å². The van der Waals surface area contributed by atoms with Gasteiger partial charge in [0.05, 0.1) is 6.42 Å². The molecule has 0 aliphatic rings. The molecule has 27 heavy (non-hydrogen) atoms. The quantitative estimate of drug-likeness (QED) is 0.702. The molecular weight excluding hydrogens is 383 g/mol. The van der Waals surface area contributed by atoms with Crippen LogP contribution in [0.5, 0.6) is 0 Å². The average Bonchev–Trinajstić information content (AvgIpc) is 2.65. The molecule has 0 bridgehead atoms. The first-order valence-electron chi connectivity index (χ1n) is 8.97. The SMILES string of the molecule is CCCNC(=O)[C@@H](C)N(Cc1ccc(Cl)cc1Cl)C(=O)Cc1ccccc1. The number of hydrogen-bond donors (Lipinski definition) is 1. The summed E-state index contributed by atoms with van der Waals surface area (Å²) in [5.41, 5.74) is 1.65. The summed E-state index contributed by atoms with van der Waals surface area (Å²) in [6.07, 6.45) is 1.05. The third-order valence-electron chi connectivity index (χ3n) is 4.27. The lowest BCUT2D eigenvalue weighted by Crippen LogP contribution is -2.48. The van der Waals surface area contributed by atoms with E-state index in [0.29, 0.717) is 16.6 Å². The molecule has 6 heteroatoms. The van der Waals surface area contributed by atoms with Gasteiger partial charge >= 0.3 is 0 Å². The minimum Gasteiger partial charge on any atom is -0.354 e. The van der Waals surface area contributed by atoms with E-state index in [-0.39, 0.29) is 24.8 Å². The zero-order chi connectivity index (χ0) is 19.8. The van der Waals surface area contributed by atoms with Crippen LogP contribution < -0.4 is 5.32 Å². The number of benzene rings is 2. The highest BCUT2D eigenvalue weighted by atomic mass is 35.5. The first-order valence-corrected chi connectivity index (χ1v) is 9.73. The van der Waals surface area contributed by atoms with Crippen LogP contribution in [0.3, 0.4) is 0 Å². The molecule has 4 nitrogen and oxygen atoms in total. The van der Waals surface area contributed by atoms with Gasteiger partial charge in [0, 0.05) is 23.1 Å². The summed E-state index contributed by atoms with van der Waals surface area (Å²) in [5.74, 6) is -0.310. The van der Waals surface area contributed by atoms with Crippen molar-refractivity contribution >= 4 is 35.0 Å². The highest BCUT2D eigenvalue weighted by Gasteiger charge is 2.26. The van der Waals surface area contributed by atoms with Crippen LogP contribution in [0.25, 0.3) is 0 Å². The topological polar surface area (TPSA) is 49.4 Å². The van der Waals surface area contributed by atoms with Crippen molar-refractivity contribution in [3.8, 4) is 0 Å². The number of carbonyl (C=O) groups excluding carboxylic acids is 2. The lowest BCUT2D eigenvalue weighted by atomic mass is 10.1. The second kappa shape index (κ2) is 10.3. The number of carbonyl (C=O) groups is 2. The molecule has 0 aromatic heterocycles. The molecular formula is C21H24Cl2N2O2. The summed E-state index contributed by atoms with van der Waals surface area (Å²) < 4.78 is 0. The molecule has 0 heterocycles. The lowest BCUT2D eigenvalue weighted by molar-refractivity contribution is -0.140. The predicted molar refractivity (Wildman–Crippen MR) is 110 cm³/mol. The molecule has 0 aliphatic carbocycles. The molecule has 2 aromatic carbocycles. The van der Waals surface area contributed by atoms with Crippen molar-refractivity contribution in [1.82, 2.24) is 10.2 Å². The Labute approximate surface area is 170 Å². The fourth-order valence-electron chi connectivity index (χ4n) is 2.68. The molecule has 0 fully saturated rings. The third kappa shape index (κ3) is 6.26. The second-order valence-corrected chi connectivity index (χ2v) is 7.23. The maximum absolute atomic E-state index is 13.0. The van der Waals surface area contributed by atoms with Crippen molar-refractivity contribution in [2.45, 2.75) is 39.3 Å². The van der Waals surface area contributed by atoms with Crippen molar-refractivity contribution in [3.63, 3.8) is 0 Å². The van der Waals surface area contributed by atoms with Crippen LogP contribution in [0.15, 0.2) is 48.5 Å². The Bertz CT molecular complexity index is 781. The first kappa shape index (κ1) is 21.3. The van der Waals surface area contributed by atoms with Crippen molar-refractivity contribution in [2.75, 3.05) is 6.54 Å². The van der Waals surface area contributed by atoms with Gasteiger partial charge in [-0.25, -0.2) is 0 Å². The summed E-state index contributed by atoms with van der Waals surface area (Å²) >= 11 is 12.2. The highest BCUT2D eigenvalue weighted by molar-refractivity contribution is 6.35. The number of amides is 2. The number of hydrogen-bond acceptors (Lipinski definition) is 2. The van der Waals surface area contributed by atoms with Crippen LogP contribution in [-0.4, -0.2) is 29.3 Å². The largest absolute Gasteiger partial charge is 0.354 e. The molecule has 1 atom stereocenters. The zero-order valence-corrected chi connectivity index (χ0v) is 17.1. The lowest BCUT2D eigenvalue weighted by Gasteiger charge is -2.29. The van der Waals surface area contributed by atoms with E-state index in [1.165, 1.54) is 0 Å². The summed E-state index contributed by atoms with van der Waals surface area (Å²) in [7, 11) is 0. The number of nitrogens with zero attached hydrogens (tertiary/aromatic N) is 1. The number of halogens is 2. The van der Waals surface area contributed by atoms with Gasteiger partial charge in [0.2, 0.25) is 11.8 Å². The first-order chi connectivity index (χ1) is 12.9. The summed E-state index contributed by atoms with van der Waals surface area (Å²) in [5, 5.41) is 3.85. The van der Waals surface area contributed by atoms with Crippen molar-refractivity contribution in [3.05, 3.63) is 69.7 Å². The summed E-state index contributed by atoms with van der Waals surface area (Å²) in [6, 6.07) is 14.0. The second-order valence-electron chi connectivity index (χ2n) is 6.39. The Hall–Kier alpha value is -2.04. The van der Waals surface area contributed by atoms with Gasteiger partial charge in [-0.3, -0.25) is 9.59 Å². The van der Waals surface area contributed by atoms with Crippen molar-refractivity contribution in [1.29, 1.82) is 0 Å². The maximum Gasteiger partial charge on any atom is 0.242 e. The average molecular weight is 407 g/mol. The molecule has 0 unspecified atom stereocenters. The normalized spacial score (nSPS) is 11.7. The minimum atomic E-state index is -0.612. The fraction of sp³-hybridized carbons (Fsp3) is 0.333. The van der Waals surface area contributed by atoms with Crippen LogP contribution >= 0.6 is 23.2 Å². The van der Waals surface area contributed by atoms with Crippen LogP contribution in [0.1, 0.15) is 31.4 Å². The molecule has 0 aliphatic heterocycles. The molecule has 2 amide bonds. The molecule has 1 N–H and O–H groups in total. The van der Waals surface area contributed by atoms with Gasteiger partial charge in [-0.05, 0) is 36.6 Å². The summed E-state index contributed by atoms with van der Waals surface area (Å²) in [6.45, 7) is 4.53. The van der Waals surface area contributed by atoms with E-state index in [4.69, 9.17) is 23.2 Å². The fourth-order valence-corrected chi connectivity index (χ4v) is 3.15. The molecule has 2 aromatic rings. The molecule has 0 saturated heterocycles. The standard InChI is InChI=1S/C21H24Cl2N2O2/c1-3-11-24-21(27)15(2)25(14-17-9-10-18(22)13-19(17)23)20(26)12-16-7-5-4-6-8-16/h4-10,13,15H,3,11-12,14H2,1-2H3,(H,24,27)/t15-/m1/s1. The highest BCUT2D eigenvalue weighted by Crippen LogP contribution is 2.23. The Morgan fingerprint density at radius 1 is 1.11 bits per heavy atom. The van der Waals surface area contributed by atoms with Gasteiger partial charge in [-0.2, -0.15) is 0 Å². The Morgan fingerprint density at radius 2 is 1.81 bits per heavy atom. The summed E-state index contributed by atoms with van der Waals surface area (Å²) in [4.78, 5) is 27.0. The molecule has 0 radical (unpaired) electrons.